The summed E-state index contributed by atoms with van der Waals surface area (Å²) in [4.78, 5) is 20.5. The molecule has 0 bridgehead atoms. The Bertz CT molecular complexity index is 1330. The first kappa shape index (κ1) is 25.9. The minimum absolute atomic E-state index is 0.179. The van der Waals surface area contributed by atoms with Crippen molar-refractivity contribution in [1.29, 1.82) is 0 Å². The summed E-state index contributed by atoms with van der Waals surface area (Å²) in [6.45, 7) is 4.91. The second-order valence-electron chi connectivity index (χ2n) is 9.48. The zero-order valence-electron chi connectivity index (χ0n) is 22.1. The summed E-state index contributed by atoms with van der Waals surface area (Å²) in [7, 11) is 3.18. The van der Waals surface area contributed by atoms with Gasteiger partial charge in [0, 0.05) is 24.6 Å². The van der Waals surface area contributed by atoms with Crippen LogP contribution in [0.15, 0.2) is 42.6 Å². The lowest BCUT2D eigenvalue weighted by Gasteiger charge is -2.13. The van der Waals surface area contributed by atoms with Crippen LogP contribution in [0.2, 0.25) is 0 Å². The molecule has 10 heteroatoms. The van der Waals surface area contributed by atoms with Crippen LogP contribution < -0.4 is 15.2 Å². The molecule has 10 nitrogen and oxygen atoms in total. The van der Waals surface area contributed by atoms with Crippen LogP contribution in [-0.2, 0) is 17.7 Å². The smallest absolute Gasteiger partial charge is 0.320 e. The van der Waals surface area contributed by atoms with Gasteiger partial charge in [-0.1, -0.05) is 30.3 Å². The standard InChI is InChI=1S/C28H35N7O3/c1-36-16-17-38-27-32-25(29)24-26(33-27)35(28(31-24)37-2)19-20-7-9-21(10-8-20)22-11-12-23(30-18-22)6-5-15-34-13-3-4-14-34/h7-12,18H,3-6,13-17,19H2,1-2H3,(H2,29,32,33). The lowest BCUT2D eigenvalue weighted by molar-refractivity contribution is 0.141. The number of aryl methyl sites for hydroxylation is 1. The zero-order chi connectivity index (χ0) is 26.3. The molecule has 38 heavy (non-hydrogen) atoms. The highest BCUT2D eigenvalue weighted by Crippen LogP contribution is 2.27. The van der Waals surface area contributed by atoms with Crippen molar-refractivity contribution in [2.75, 3.05) is 52.8 Å². The molecule has 0 saturated carbocycles. The van der Waals surface area contributed by atoms with Crippen LogP contribution in [0.5, 0.6) is 12.0 Å². The Kier molecular flexibility index (Phi) is 8.30. The Balaban J connectivity index is 1.27. The first-order valence-corrected chi connectivity index (χ1v) is 13.1. The fourth-order valence-corrected chi connectivity index (χ4v) is 4.78. The summed E-state index contributed by atoms with van der Waals surface area (Å²) in [5.41, 5.74) is 11.6. The van der Waals surface area contributed by atoms with Crippen molar-refractivity contribution in [2.24, 2.45) is 0 Å². The van der Waals surface area contributed by atoms with Gasteiger partial charge < -0.3 is 24.8 Å². The van der Waals surface area contributed by atoms with E-state index in [1.807, 2.05) is 10.8 Å². The van der Waals surface area contributed by atoms with E-state index in [0.717, 1.165) is 35.2 Å². The van der Waals surface area contributed by atoms with Crippen LogP contribution in [-0.4, -0.2) is 76.5 Å². The minimum Gasteiger partial charge on any atom is -0.468 e. The van der Waals surface area contributed by atoms with E-state index < -0.39 is 0 Å². The molecule has 1 aliphatic heterocycles. The van der Waals surface area contributed by atoms with Crippen molar-refractivity contribution in [1.82, 2.24) is 29.4 Å². The number of pyridine rings is 1. The summed E-state index contributed by atoms with van der Waals surface area (Å²) < 4.78 is 18.0. The summed E-state index contributed by atoms with van der Waals surface area (Å²) in [5, 5.41) is 0. The molecule has 1 saturated heterocycles. The number of hydrogen-bond acceptors (Lipinski definition) is 9. The molecular formula is C28H35N7O3. The number of hydrogen-bond donors (Lipinski definition) is 1. The second-order valence-corrected chi connectivity index (χ2v) is 9.48. The van der Waals surface area contributed by atoms with Gasteiger partial charge in [-0.3, -0.25) is 9.55 Å². The predicted octanol–water partition coefficient (Wildman–Crippen LogP) is 3.58. The molecule has 0 radical (unpaired) electrons. The maximum absolute atomic E-state index is 6.14. The number of nitrogens with two attached hydrogens (primary N) is 1. The van der Waals surface area contributed by atoms with E-state index >= 15 is 0 Å². The van der Waals surface area contributed by atoms with Gasteiger partial charge in [0.05, 0.1) is 20.3 Å². The Morgan fingerprint density at radius 2 is 1.71 bits per heavy atom. The number of anilines is 1. The average molecular weight is 518 g/mol. The van der Waals surface area contributed by atoms with Crippen molar-refractivity contribution in [3.05, 3.63) is 53.9 Å². The number of fused-ring (bicyclic) bond motifs is 1. The van der Waals surface area contributed by atoms with Gasteiger partial charge in [-0.2, -0.15) is 15.0 Å². The molecule has 0 spiro atoms. The highest BCUT2D eigenvalue weighted by atomic mass is 16.5. The van der Waals surface area contributed by atoms with E-state index in [4.69, 9.17) is 24.9 Å². The third-order valence-electron chi connectivity index (χ3n) is 6.83. The fourth-order valence-electron chi connectivity index (χ4n) is 4.78. The van der Waals surface area contributed by atoms with E-state index in [1.165, 1.54) is 32.5 Å². The highest BCUT2D eigenvalue weighted by molar-refractivity contribution is 5.83. The molecule has 0 aliphatic carbocycles. The molecule has 1 aliphatic rings. The second kappa shape index (κ2) is 12.2. The summed E-state index contributed by atoms with van der Waals surface area (Å²) in [6.07, 6.45) is 6.82. The average Bonchev–Trinajstić information content (AvgIpc) is 3.58. The van der Waals surface area contributed by atoms with Crippen LogP contribution in [0.4, 0.5) is 5.82 Å². The lowest BCUT2D eigenvalue weighted by atomic mass is 10.0. The number of nitrogens with zero attached hydrogens (tertiary/aromatic N) is 6. The molecule has 4 aromatic rings. The predicted molar refractivity (Wildman–Crippen MR) is 146 cm³/mol. The maximum Gasteiger partial charge on any atom is 0.320 e. The van der Waals surface area contributed by atoms with Crippen LogP contribution in [0.3, 0.4) is 0 Å². The third kappa shape index (κ3) is 6.03. The highest BCUT2D eigenvalue weighted by Gasteiger charge is 2.18. The SMILES string of the molecule is COCCOc1nc(N)c2nc(OC)n(Cc3ccc(-c4ccc(CCCN5CCCC5)nc4)cc3)c2n1. The lowest BCUT2D eigenvalue weighted by Crippen LogP contribution is -2.20. The molecule has 200 valence electrons. The van der Waals surface area contributed by atoms with Crippen LogP contribution in [0.1, 0.15) is 30.5 Å². The number of methoxy groups -OCH3 is 2. The van der Waals surface area contributed by atoms with E-state index in [0.29, 0.717) is 36.9 Å². The molecule has 1 fully saturated rings. The summed E-state index contributed by atoms with van der Waals surface area (Å²) in [6, 6.07) is 13.3. The largest absolute Gasteiger partial charge is 0.468 e. The molecule has 1 aromatic carbocycles. The number of imidazole rings is 1. The maximum atomic E-state index is 6.14. The van der Waals surface area contributed by atoms with E-state index in [1.54, 1.807) is 14.2 Å². The Morgan fingerprint density at radius 3 is 2.42 bits per heavy atom. The van der Waals surface area contributed by atoms with Crippen molar-refractivity contribution in [3.8, 4) is 23.1 Å². The van der Waals surface area contributed by atoms with Gasteiger partial charge in [0.25, 0.3) is 6.01 Å². The van der Waals surface area contributed by atoms with Crippen LogP contribution >= 0.6 is 0 Å². The van der Waals surface area contributed by atoms with Crippen LogP contribution in [0, 0.1) is 0 Å². The van der Waals surface area contributed by atoms with Crippen LogP contribution in [0.25, 0.3) is 22.3 Å². The van der Waals surface area contributed by atoms with Crippen molar-refractivity contribution in [3.63, 3.8) is 0 Å². The fraction of sp³-hybridized carbons (Fsp3) is 0.429. The van der Waals surface area contributed by atoms with Gasteiger partial charge in [-0.05, 0) is 62.5 Å². The molecule has 3 aromatic heterocycles. The topological polar surface area (TPSA) is 113 Å². The number of nitrogen functional groups attached to an aromatic ring is 1. The first-order chi connectivity index (χ1) is 18.6. The number of ether oxygens (including phenoxy) is 3. The van der Waals surface area contributed by atoms with Gasteiger partial charge in [0.2, 0.25) is 0 Å². The number of aromatic nitrogens is 5. The number of benzene rings is 1. The molecule has 2 N–H and O–H groups in total. The van der Waals surface area contributed by atoms with Gasteiger partial charge in [0.1, 0.15) is 6.61 Å². The zero-order valence-corrected chi connectivity index (χ0v) is 22.1. The van der Waals surface area contributed by atoms with E-state index in [2.05, 4.69) is 56.3 Å². The van der Waals surface area contributed by atoms with Crippen molar-refractivity contribution < 1.29 is 14.2 Å². The number of rotatable bonds is 12. The molecule has 0 unspecified atom stereocenters. The van der Waals surface area contributed by atoms with E-state index in [9.17, 15) is 0 Å². The van der Waals surface area contributed by atoms with Crippen molar-refractivity contribution >= 4 is 17.0 Å². The Morgan fingerprint density at radius 1 is 0.921 bits per heavy atom. The van der Waals surface area contributed by atoms with Gasteiger partial charge in [-0.25, -0.2) is 0 Å². The Hall–Kier alpha value is -3.76. The summed E-state index contributed by atoms with van der Waals surface area (Å²) >= 11 is 0. The third-order valence-corrected chi connectivity index (χ3v) is 6.83. The van der Waals surface area contributed by atoms with Crippen molar-refractivity contribution in [2.45, 2.75) is 32.2 Å². The minimum atomic E-state index is 0.179. The molecule has 0 atom stereocenters. The van der Waals surface area contributed by atoms with E-state index in [-0.39, 0.29) is 11.8 Å². The number of likely N-dealkylation sites (tertiary alicyclic amines) is 1. The first-order valence-electron chi connectivity index (χ1n) is 13.1. The van der Waals surface area contributed by atoms with Gasteiger partial charge in [0.15, 0.2) is 17.0 Å². The monoisotopic (exact) mass is 517 g/mol. The summed E-state index contributed by atoms with van der Waals surface area (Å²) in [5.74, 6) is 0.238. The van der Waals surface area contributed by atoms with Gasteiger partial charge >= 0.3 is 6.01 Å². The molecular weight excluding hydrogens is 482 g/mol. The van der Waals surface area contributed by atoms with Gasteiger partial charge in [-0.15, -0.1) is 0 Å². The molecule has 5 rings (SSSR count). The quantitative estimate of drug-likeness (QED) is 0.282. The molecule has 0 amide bonds. The molecule has 4 heterocycles. The normalized spacial score (nSPS) is 13.8. The Labute approximate surface area is 222 Å².